The monoisotopic (exact) mass is 392 g/mol. The molecule has 1 aliphatic heterocycles. The zero-order chi connectivity index (χ0) is 20.2. The van der Waals surface area contributed by atoms with Crippen molar-refractivity contribution in [2.24, 2.45) is 0 Å². The smallest absolute Gasteiger partial charge is 0.242 e. The van der Waals surface area contributed by atoms with Crippen LogP contribution in [0.15, 0.2) is 36.8 Å². The van der Waals surface area contributed by atoms with Gasteiger partial charge in [-0.25, -0.2) is 14.6 Å². The van der Waals surface area contributed by atoms with Gasteiger partial charge in [-0.2, -0.15) is 5.10 Å². The molecule has 0 bridgehead atoms. The highest BCUT2D eigenvalue weighted by Crippen LogP contribution is 2.25. The molecule has 1 amide bonds. The number of carbonyl (C=O) groups is 1. The average molecular weight is 393 g/mol. The van der Waals surface area contributed by atoms with Crippen LogP contribution in [0.4, 0.5) is 5.82 Å². The van der Waals surface area contributed by atoms with E-state index in [4.69, 9.17) is 0 Å². The Hall–Kier alpha value is -2.96. The maximum Gasteiger partial charge on any atom is 0.242 e. The van der Waals surface area contributed by atoms with Crippen LogP contribution in [0.5, 0.6) is 0 Å². The normalized spacial score (nSPS) is 15.9. The van der Waals surface area contributed by atoms with Gasteiger partial charge in [0.15, 0.2) is 5.65 Å². The SMILES string of the molecule is Cc1ccc(C(C)NC(=O)Cn2ncc3c(N4CCCCCC4)ncnc32)cc1. The highest BCUT2D eigenvalue weighted by molar-refractivity contribution is 5.88. The minimum absolute atomic E-state index is 0.0628. The fourth-order valence-electron chi connectivity index (χ4n) is 3.89. The number of aryl methyl sites for hydroxylation is 1. The summed E-state index contributed by atoms with van der Waals surface area (Å²) in [7, 11) is 0. The van der Waals surface area contributed by atoms with Gasteiger partial charge < -0.3 is 10.2 Å². The summed E-state index contributed by atoms with van der Waals surface area (Å²) in [6.07, 6.45) is 8.25. The molecule has 3 aromatic rings. The van der Waals surface area contributed by atoms with Gasteiger partial charge in [0.2, 0.25) is 5.91 Å². The third kappa shape index (κ3) is 4.39. The summed E-state index contributed by atoms with van der Waals surface area (Å²) in [5.41, 5.74) is 2.99. The number of carbonyl (C=O) groups excluding carboxylic acids is 1. The summed E-state index contributed by atoms with van der Waals surface area (Å²) in [5.74, 6) is 0.842. The largest absolute Gasteiger partial charge is 0.356 e. The van der Waals surface area contributed by atoms with E-state index in [9.17, 15) is 4.79 Å². The molecule has 1 aliphatic rings. The molecular formula is C22H28N6O. The topological polar surface area (TPSA) is 75.9 Å². The lowest BCUT2D eigenvalue weighted by Crippen LogP contribution is -2.30. The van der Waals surface area contributed by atoms with Crippen LogP contribution in [0.3, 0.4) is 0 Å². The van der Waals surface area contributed by atoms with Gasteiger partial charge in [-0.05, 0) is 32.3 Å². The molecular weight excluding hydrogens is 364 g/mol. The van der Waals surface area contributed by atoms with Gasteiger partial charge in [0.1, 0.15) is 18.7 Å². The van der Waals surface area contributed by atoms with Crippen molar-refractivity contribution in [2.75, 3.05) is 18.0 Å². The Balaban J connectivity index is 1.48. The van der Waals surface area contributed by atoms with Gasteiger partial charge in [0.05, 0.1) is 17.6 Å². The minimum atomic E-state index is -0.0852. The number of aromatic nitrogens is 4. The van der Waals surface area contributed by atoms with Gasteiger partial charge >= 0.3 is 0 Å². The number of hydrogen-bond acceptors (Lipinski definition) is 5. The van der Waals surface area contributed by atoms with Crippen LogP contribution in [0, 0.1) is 6.92 Å². The number of benzene rings is 1. The van der Waals surface area contributed by atoms with E-state index in [1.165, 1.54) is 31.2 Å². The van der Waals surface area contributed by atoms with Gasteiger partial charge in [-0.1, -0.05) is 42.7 Å². The molecule has 1 atom stereocenters. The molecule has 152 valence electrons. The van der Waals surface area contributed by atoms with E-state index in [1.807, 2.05) is 19.1 Å². The van der Waals surface area contributed by atoms with Crippen LogP contribution < -0.4 is 10.2 Å². The Morgan fingerprint density at radius 3 is 2.55 bits per heavy atom. The number of amides is 1. The van der Waals surface area contributed by atoms with Crippen molar-refractivity contribution in [2.45, 2.75) is 52.1 Å². The maximum atomic E-state index is 12.6. The Bertz CT molecular complexity index is 973. The van der Waals surface area contributed by atoms with Gasteiger partial charge in [0.25, 0.3) is 0 Å². The Morgan fingerprint density at radius 1 is 1.10 bits per heavy atom. The van der Waals surface area contributed by atoms with Crippen molar-refractivity contribution in [3.63, 3.8) is 0 Å². The van der Waals surface area contributed by atoms with Crippen molar-refractivity contribution in [3.05, 3.63) is 47.9 Å². The van der Waals surface area contributed by atoms with Crippen LogP contribution >= 0.6 is 0 Å². The number of fused-ring (bicyclic) bond motifs is 1. The molecule has 29 heavy (non-hydrogen) atoms. The second-order valence-corrected chi connectivity index (χ2v) is 7.84. The number of rotatable bonds is 5. The summed E-state index contributed by atoms with van der Waals surface area (Å²) < 4.78 is 1.66. The Labute approximate surface area is 171 Å². The molecule has 0 spiro atoms. The molecule has 1 aromatic carbocycles. The van der Waals surface area contributed by atoms with Gasteiger partial charge in [0, 0.05) is 13.1 Å². The lowest BCUT2D eigenvalue weighted by Gasteiger charge is -2.21. The summed E-state index contributed by atoms with van der Waals surface area (Å²) in [6, 6.07) is 8.14. The Kier molecular flexibility index (Phi) is 5.74. The second-order valence-electron chi connectivity index (χ2n) is 7.84. The summed E-state index contributed by atoms with van der Waals surface area (Å²) >= 11 is 0. The van der Waals surface area contributed by atoms with E-state index >= 15 is 0 Å². The predicted molar refractivity (Wildman–Crippen MR) is 114 cm³/mol. The van der Waals surface area contributed by atoms with Gasteiger partial charge in [-0.3, -0.25) is 4.79 Å². The molecule has 1 unspecified atom stereocenters. The van der Waals surface area contributed by atoms with Crippen molar-refractivity contribution < 1.29 is 4.79 Å². The number of hydrogen-bond donors (Lipinski definition) is 1. The van der Waals surface area contributed by atoms with E-state index in [2.05, 4.69) is 44.3 Å². The first kappa shape index (κ1) is 19.4. The standard InChI is InChI=1S/C22H28N6O/c1-16-7-9-18(10-8-16)17(2)26-20(29)14-28-22-19(13-25-28)21(23-15-24-22)27-11-5-3-4-6-12-27/h7-10,13,15,17H,3-6,11-12,14H2,1-2H3,(H,26,29). The van der Waals surface area contributed by atoms with E-state index in [0.29, 0.717) is 5.65 Å². The number of nitrogens with zero attached hydrogens (tertiary/aromatic N) is 5. The van der Waals surface area contributed by atoms with E-state index in [1.54, 1.807) is 17.2 Å². The molecule has 7 nitrogen and oxygen atoms in total. The second kappa shape index (κ2) is 8.59. The van der Waals surface area contributed by atoms with Gasteiger partial charge in [-0.15, -0.1) is 0 Å². The molecule has 1 fully saturated rings. The maximum absolute atomic E-state index is 12.6. The molecule has 2 aromatic heterocycles. The molecule has 1 N–H and O–H groups in total. The predicted octanol–water partition coefficient (Wildman–Crippen LogP) is 3.39. The summed E-state index contributed by atoms with van der Waals surface area (Å²) in [4.78, 5) is 23.9. The summed E-state index contributed by atoms with van der Waals surface area (Å²) in [5, 5.41) is 8.39. The van der Waals surface area contributed by atoms with Crippen molar-refractivity contribution in [1.29, 1.82) is 0 Å². The molecule has 1 saturated heterocycles. The fourth-order valence-corrected chi connectivity index (χ4v) is 3.89. The van der Waals surface area contributed by atoms with Crippen LogP contribution in [-0.4, -0.2) is 38.7 Å². The van der Waals surface area contributed by atoms with Crippen LogP contribution in [-0.2, 0) is 11.3 Å². The zero-order valence-corrected chi connectivity index (χ0v) is 17.1. The first-order chi connectivity index (χ1) is 14.1. The zero-order valence-electron chi connectivity index (χ0n) is 17.1. The highest BCUT2D eigenvalue weighted by Gasteiger charge is 2.18. The molecule has 0 aliphatic carbocycles. The molecule has 0 saturated carbocycles. The lowest BCUT2D eigenvalue weighted by atomic mass is 10.1. The van der Waals surface area contributed by atoms with Crippen molar-refractivity contribution in [3.8, 4) is 0 Å². The highest BCUT2D eigenvalue weighted by atomic mass is 16.2. The first-order valence-electron chi connectivity index (χ1n) is 10.4. The summed E-state index contributed by atoms with van der Waals surface area (Å²) in [6.45, 7) is 6.19. The van der Waals surface area contributed by atoms with Crippen molar-refractivity contribution >= 4 is 22.8 Å². The van der Waals surface area contributed by atoms with Crippen LogP contribution in [0.25, 0.3) is 11.0 Å². The molecule has 7 heteroatoms. The van der Waals surface area contributed by atoms with Crippen molar-refractivity contribution in [1.82, 2.24) is 25.1 Å². The Morgan fingerprint density at radius 2 is 1.83 bits per heavy atom. The van der Waals surface area contributed by atoms with E-state index < -0.39 is 0 Å². The minimum Gasteiger partial charge on any atom is -0.356 e. The fraction of sp³-hybridized carbons (Fsp3) is 0.455. The third-order valence-electron chi connectivity index (χ3n) is 5.57. The molecule has 3 heterocycles. The van der Waals surface area contributed by atoms with E-state index in [0.717, 1.165) is 29.9 Å². The van der Waals surface area contributed by atoms with Crippen LogP contribution in [0.1, 0.15) is 49.8 Å². The van der Waals surface area contributed by atoms with E-state index in [-0.39, 0.29) is 18.5 Å². The third-order valence-corrected chi connectivity index (χ3v) is 5.57. The van der Waals surface area contributed by atoms with Crippen LogP contribution in [0.2, 0.25) is 0 Å². The first-order valence-corrected chi connectivity index (χ1v) is 10.4. The number of anilines is 1. The quantitative estimate of drug-likeness (QED) is 0.720. The number of nitrogens with one attached hydrogen (secondary N) is 1. The molecule has 4 rings (SSSR count). The average Bonchev–Trinajstić information content (AvgIpc) is 2.94. The lowest BCUT2D eigenvalue weighted by molar-refractivity contribution is -0.122. The molecule has 0 radical (unpaired) electrons.